The number of nitrogens with one attached hydrogen (secondary N) is 1. The van der Waals surface area contributed by atoms with Gasteiger partial charge in [-0.05, 0) is 48.4 Å². The predicted molar refractivity (Wildman–Crippen MR) is 82.0 cm³/mol. The average Bonchev–Trinajstić information content (AvgIpc) is 2.46. The van der Waals surface area contributed by atoms with Crippen LogP contribution in [0.5, 0.6) is 0 Å². The van der Waals surface area contributed by atoms with Crippen molar-refractivity contribution in [3.05, 3.63) is 58.1 Å². The number of hydrogen-bond donors (Lipinski definition) is 2. The fraction of sp³-hybridized carbons (Fsp3) is 0.250. The van der Waals surface area contributed by atoms with E-state index in [1.54, 1.807) is 28.8 Å². The molecule has 5 heteroatoms. The maximum atomic E-state index is 13.0. The normalized spacial score (nSPS) is 10.6. The van der Waals surface area contributed by atoms with Crippen molar-refractivity contribution < 1.29 is 4.39 Å². The van der Waals surface area contributed by atoms with Crippen LogP contribution in [0.25, 0.3) is 11.3 Å². The average molecular weight is 287 g/mol. The molecule has 1 aromatic carbocycles. The monoisotopic (exact) mass is 287 g/mol. The number of nitrogens with two attached hydrogens (primary N) is 1. The Morgan fingerprint density at radius 1 is 1.24 bits per heavy atom. The summed E-state index contributed by atoms with van der Waals surface area (Å²) in [7, 11) is 0. The van der Waals surface area contributed by atoms with Gasteiger partial charge in [0.1, 0.15) is 11.7 Å². The first-order valence-electron chi connectivity index (χ1n) is 6.88. The van der Waals surface area contributed by atoms with Crippen LogP contribution >= 0.6 is 0 Å². The molecule has 2 rings (SSSR count). The maximum absolute atomic E-state index is 13.0. The third-order valence-corrected chi connectivity index (χ3v) is 3.34. The van der Waals surface area contributed by atoms with Crippen LogP contribution in [0, 0.1) is 11.2 Å². The molecule has 0 amide bonds. The molecule has 0 radical (unpaired) electrons. The Hall–Kier alpha value is -2.43. The Labute approximate surface area is 122 Å². The number of halogens is 1. The van der Waals surface area contributed by atoms with E-state index in [1.165, 1.54) is 12.1 Å². The smallest absolute Gasteiger partial charge is 0.262 e. The Bertz CT molecular complexity index is 704. The van der Waals surface area contributed by atoms with E-state index in [0.29, 0.717) is 12.2 Å². The topological polar surface area (TPSA) is 71.9 Å². The van der Waals surface area contributed by atoms with Crippen molar-refractivity contribution in [1.29, 1.82) is 5.41 Å². The van der Waals surface area contributed by atoms with Crippen LogP contribution in [0.15, 0.2) is 41.2 Å². The fourth-order valence-corrected chi connectivity index (χ4v) is 2.19. The van der Waals surface area contributed by atoms with Gasteiger partial charge >= 0.3 is 0 Å². The van der Waals surface area contributed by atoms with E-state index in [2.05, 4.69) is 0 Å². The molecule has 3 N–H and O–H groups in total. The summed E-state index contributed by atoms with van der Waals surface area (Å²) in [4.78, 5) is 12.4. The van der Waals surface area contributed by atoms with Gasteiger partial charge in [-0.15, -0.1) is 0 Å². The van der Waals surface area contributed by atoms with Gasteiger partial charge in [-0.3, -0.25) is 10.2 Å². The van der Waals surface area contributed by atoms with Gasteiger partial charge in [-0.1, -0.05) is 13.3 Å². The molecule has 0 unspecified atom stereocenters. The van der Waals surface area contributed by atoms with Crippen molar-refractivity contribution in [3.8, 4) is 11.3 Å². The number of rotatable bonds is 5. The molecule has 0 aliphatic rings. The number of unbranched alkanes of at least 4 members (excludes halogenated alkanes) is 1. The zero-order valence-electron chi connectivity index (χ0n) is 11.9. The maximum Gasteiger partial charge on any atom is 0.262 e. The van der Waals surface area contributed by atoms with Gasteiger partial charge in [0.05, 0.1) is 11.3 Å². The van der Waals surface area contributed by atoms with Crippen LogP contribution < -0.4 is 11.3 Å². The first-order valence-corrected chi connectivity index (χ1v) is 6.88. The highest BCUT2D eigenvalue weighted by atomic mass is 19.1. The summed E-state index contributed by atoms with van der Waals surface area (Å²) in [5.74, 6) is -0.558. The summed E-state index contributed by atoms with van der Waals surface area (Å²) in [5.41, 5.74) is 6.82. The quantitative estimate of drug-likeness (QED) is 0.655. The second-order valence-electron chi connectivity index (χ2n) is 4.86. The van der Waals surface area contributed by atoms with Crippen molar-refractivity contribution in [2.45, 2.75) is 26.3 Å². The second kappa shape index (κ2) is 6.35. The summed E-state index contributed by atoms with van der Waals surface area (Å²) < 4.78 is 14.6. The molecule has 0 saturated carbocycles. The Balaban J connectivity index is 2.59. The number of nitrogen functional groups attached to an aromatic ring is 1. The largest absolute Gasteiger partial charge is 0.384 e. The highest BCUT2D eigenvalue weighted by Gasteiger charge is 2.12. The standard InChI is InChI=1S/C16H18FN3O/c1-2-3-10-20-14(11-4-6-12(17)7-5-11)9-8-13(15(18)19)16(20)21/h4-9H,2-3,10H2,1H3,(H3,18,19). The lowest BCUT2D eigenvalue weighted by atomic mass is 10.1. The summed E-state index contributed by atoms with van der Waals surface area (Å²) in [6, 6.07) is 9.30. The van der Waals surface area contributed by atoms with Gasteiger partial charge in [-0.2, -0.15) is 0 Å². The zero-order chi connectivity index (χ0) is 15.4. The van der Waals surface area contributed by atoms with Crippen LogP contribution in [0.2, 0.25) is 0 Å². The number of aromatic nitrogens is 1. The fourth-order valence-electron chi connectivity index (χ4n) is 2.19. The highest BCUT2D eigenvalue weighted by molar-refractivity contribution is 5.94. The molecule has 0 aliphatic carbocycles. The molecule has 110 valence electrons. The van der Waals surface area contributed by atoms with Gasteiger partial charge in [0, 0.05) is 6.54 Å². The van der Waals surface area contributed by atoms with Crippen molar-refractivity contribution >= 4 is 5.84 Å². The van der Waals surface area contributed by atoms with E-state index in [9.17, 15) is 9.18 Å². The number of benzene rings is 1. The first kappa shape index (κ1) is 15.0. The molecule has 2 aromatic rings. The van der Waals surface area contributed by atoms with E-state index in [4.69, 9.17) is 11.1 Å². The lowest BCUT2D eigenvalue weighted by Gasteiger charge is -2.14. The molecule has 0 fully saturated rings. The Morgan fingerprint density at radius 3 is 2.48 bits per heavy atom. The van der Waals surface area contributed by atoms with E-state index >= 15 is 0 Å². The SMILES string of the molecule is CCCCn1c(-c2ccc(F)cc2)ccc(C(=N)N)c1=O. The molecular formula is C16H18FN3O. The Kier molecular flexibility index (Phi) is 4.52. The van der Waals surface area contributed by atoms with Gasteiger partial charge in [0.15, 0.2) is 0 Å². The summed E-state index contributed by atoms with van der Waals surface area (Å²) in [6.45, 7) is 2.58. The van der Waals surface area contributed by atoms with Crippen LogP contribution in [0.4, 0.5) is 4.39 Å². The third kappa shape index (κ3) is 3.18. The number of pyridine rings is 1. The minimum absolute atomic E-state index is 0.192. The molecule has 1 heterocycles. The van der Waals surface area contributed by atoms with E-state index < -0.39 is 0 Å². The van der Waals surface area contributed by atoms with Crippen molar-refractivity contribution in [2.75, 3.05) is 0 Å². The lowest BCUT2D eigenvalue weighted by molar-refractivity contribution is 0.616. The molecule has 0 spiro atoms. The first-order chi connectivity index (χ1) is 10.0. The molecule has 0 saturated heterocycles. The van der Waals surface area contributed by atoms with E-state index in [1.807, 2.05) is 6.92 Å². The van der Waals surface area contributed by atoms with Crippen molar-refractivity contribution in [1.82, 2.24) is 4.57 Å². The van der Waals surface area contributed by atoms with E-state index in [0.717, 1.165) is 18.4 Å². The van der Waals surface area contributed by atoms with Crippen LogP contribution in [0.3, 0.4) is 0 Å². The van der Waals surface area contributed by atoms with Gasteiger partial charge in [0.25, 0.3) is 5.56 Å². The molecular weight excluding hydrogens is 269 g/mol. The van der Waals surface area contributed by atoms with E-state index in [-0.39, 0.29) is 22.8 Å². The van der Waals surface area contributed by atoms with Gasteiger partial charge in [0.2, 0.25) is 0 Å². The second-order valence-corrected chi connectivity index (χ2v) is 4.86. The number of hydrogen-bond acceptors (Lipinski definition) is 2. The Morgan fingerprint density at radius 2 is 1.90 bits per heavy atom. The lowest BCUT2D eigenvalue weighted by Crippen LogP contribution is -2.30. The third-order valence-electron chi connectivity index (χ3n) is 3.34. The van der Waals surface area contributed by atoms with Crippen molar-refractivity contribution in [3.63, 3.8) is 0 Å². The number of amidine groups is 1. The predicted octanol–water partition coefficient (Wildman–Crippen LogP) is 2.74. The molecule has 21 heavy (non-hydrogen) atoms. The summed E-state index contributed by atoms with van der Waals surface area (Å²) in [6.07, 6.45) is 1.79. The summed E-state index contributed by atoms with van der Waals surface area (Å²) in [5, 5.41) is 7.47. The van der Waals surface area contributed by atoms with Crippen LogP contribution in [0.1, 0.15) is 25.3 Å². The highest BCUT2D eigenvalue weighted by Crippen LogP contribution is 2.19. The zero-order valence-corrected chi connectivity index (χ0v) is 11.9. The minimum atomic E-state index is -0.318. The van der Waals surface area contributed by atoms with Crippen LogP contribution in [-0.2, 0) is 6.54 Å². The van der Waals surface area contributed by atoms with Gasteiger partial charge < -0.3 is 10.3 Å². The van der Waals surface area contributed by atoms with Crippen LogP contribution in [-0.4, -0.2) is 10.4 Å². The van der Waals surface area contributed by atoms with Gasteiger partial charge in [-0.25, -0.2) is 4.39 Å². The van der Waals surface area contributed by atoms with Crippen molar-refractivity contribution in [2.24, 2.45) is 5.73 Å². The molecule has 0 bridgehead atoms. The minimum Gasteiger partial charge on any atom is -0.384 e. The number of nitrogens with zero attached hydrogens (tertiary/aromatic N) is 1. The molecule has 1 aromatic heterocycles. The summed E-state index contributed by atoms with van der Waals surface area (Å²) >= 11 is 0. The molecule has 0 aliphatic heterocycles. The molecule has 0 atom stereocenters. The molecule has 4 nitrogen and oxygen atoms in total.